The molecule has 0 atom stereocenters. The Bertz CT molecular complexity index is 900. The van der Waals surface area contributed by atoms with Crippen LogP contribution in [0.25, 0.3) is 11.3 Å². The summed E-state index contributed by atoms with van der Waals surface area (Å²) in [4.78, 5) is 4.34. The van der Waals surface area contributed by atoms with Crippen LogP contribution in [0.2, 0.25) is 5.02 Å². The fourth-order valence-electron chi connectivity index (χ4n) is 2.04. The minimum Gasteiger partial charge on any atom is -0.507 e. The molecule has 0 radical (unpaired) electrons. The summed E-state index contributed by atoms with van der Waals surface area (Å²) in [6, 6.07) is 12.1. The molecule has 3 aromatic rings. The van der Waals surface area contributed by atoms with E-state index in [2.05, 4.69) is 25.7 Å². The van der Waals surface area contributed by atoms with Gasteiger partial charge in [0.15, 0.2) is 0 Å². The highest BCUT2D eigenvalue weighted by Crippen LogP contribution is 2.21. The number of methoxy groups -OCH3 is 1. The summed E-state index contributed by atoms with van der Waals surface area (Å²) in [5.41, 5.74) is 4.66. The van der Waals surface area contributed by atoms with Gasteiger partial charge in [-0.1, -0.05) is 11.6 Å². The van der Waals surface area contributed by atoms with E-state index in [1.165, 1.54) is 12.3 Å². The third-order valence-corrected chi connectivity index (χ3v) is 3.54. The molecule has 0 saturated carbocycles. The third kappa shape index (κ3) is 4.21. The quantitative estimate of drug-likeness (QED) is 0.538. The highest BCUT2D eigenvalue weighted by molar-refractivity contribution is 6.30. The second-order valence-corrected chi connectivity index (χ2v) is 5.40. The zero-order valence-electron chi connectivity index (χ0n) is 13.2. The smallest absolute Gasteiger partial charge is 0.263 e. The number of hydrazone groups is 1. The van der Waals surface area contributed by atoms with Gasteiger partial charge in [-0.15, -0.1) is 5.10 Å². The van der Waals surface area contributed by atoms with E-state index in [1.807, 2.05) is 24.3 Å². The first-order valence-electron chi connectivity index (χ1n) is 7.27. The predicted octanol–water partition coefficient (Wildman–Crippen LogP) is 3.35. The fraction of sp³-hybridized carbons (Fsp3) is 0.0588. The number of nitrogens with zero attached hydrogens (tertiary/aromatic N) is 4. The molecule has 1 heterocycles. The van der Waals surface area contributed by atoms with E-state index in [4.69, 9.17) is 16.3 Å². The zero-order valence-corrected chi connectivity index (χ0v) is 14.0. The van der Waals surface area contributed by atoms with Gasteiger partial charge in [0.25, 0.3) is 5.95 Å². The van der Waals surface area contributed by atoms with Crippen LogP contribution < -0.4 is 10.2 Å². The molecule has 126 valence electrons. The molecule has 0 aliphatic heterocycles. The lowest BCUT2D eigenvalue weighted by atomic mass is 10.1. The summed E-state index contributed by atoms with van der Waals surface area (Å²) in [6.07, 6.45) is 2.98. The van der Waals surface area contributed by atoms with Crippen LogP contribution >= 0.6 is 11.6 Å². The van der Waals surface area contributed by atoms with E-state index in [0.717, 1.165) is 11.3 Å². The fourth-order valence-corrected chi connectivity index (χ4v) is 2.22. The van der Waals surface area contributed by atoms with Crippen LogP contribution in [0.3, 0.4) is 0 Å². The minimum atomic E-state index is 0.0703. The Kier molecular flexibility index (Phi) is 5.06. The number of nitrogens with one attached hydrogen (secondary N) is 1. The monoisotopic (exact) mass is 355 g/mol. The van der Waals surface area contributed by atoms with Crippen LogP contribution in [-0.2, 0) is 0 Å². The molecule has 2 aromatic carbocycles. The van der Waals surface area contributed by atoms with Gasteiger partial charge in [-0.05, 0) is 42.5 Å². The van der Waals surface area contributed by atoms with Crippen molar-refractivity contribution in [3.05, 3.63) is 59.2 Å². The molecule has 0 spiro atoms. The van der Waals surface area contributed by atoms with Crippen molar-refractivity contribution in [1.29, 1.82) is 0 Å². The van der Waals surface area contributed by atoms with Crippen LogP contribution in [-0.4, -0.2) is 33.6 Å². The molecule has 0 aliphatic rings. The van der Waals surface area contributed by atoms with Crippen molar-refractivity contribution in [3.63, 3.8) is 0 Å². The molecule has 8 heteroatoms. The first-order valence-corrected chi connectivity index (χ1v) is 7.65. The number of phenolic OH excluding ortho intramolecular Hbond substituents is 1. The number of phenols is 1. The topological polar surface area (TPSA) is 92.5 Å². The second kappa shape index (κ2) is 7.59. The van der Waals surface area contributed by atoms with E-state index in [1.54, 1.807) is 25.4 Å². The van der Waals surface area contributed by atoms with Gasteiger partial charge in [0.05, 0.1) is 25.2 Å². The predicted molar refractivity (Wildman–Crippen MR) is 96.1 cm³/mol. The molecule has 0 saturated heterocycles. The first-order chi connectivity index (χ1) is 12.2. The summed E-state index contributed by atoms with van der Waals surface area (Å²) in [5.74, 6) is 1.06. The van der Waals surface area contributed by atoms with E-state index >= 15 is 0 Å². The zero-order chi connectivity index (χ0) is 17.6. The highest BCUT2D eigenvalue weighted by atomic mass is 35.5. The van der Waals surface area contributed by atoms with Crippen molar-refractivity contribution in [3.8, 4) is 22.8 Å². The van der Waals surface area contributed by atoms with E-state index in [9.17, 15) is 5.11 Å². The van der Waals surface area contributed by atoms with Gasteiger partial charge in [-0.2, -0.15) is 10.2 Å². The SMILES string of the molecule is COc1ccc(-c2cnnc(NN=Cc3cc(Cl)ccc3O)n2)cc1. The standard InChI is InChI=1S/C17H14ClN5O2/c1-25-14-5-2-11(3-6-14)15-10-20-23-17(21-15)22-19-9-12-8-13(18)4-7-16(12)24/h2-10,24H,1H3,(H,21,22,23). The Morgan fingerprint density at radius 2 is 2.00 bits per heavy atom. The largest absolute Gasteiger partial charge is 0.507 e. The van der Waals surface area contributed by atoms with Crippen molar-refractivity contribution in [2.45, 2.75) is 0 Å². The maximum Gasteiger partial charge on any atom is 0.263 e. The Morgan fingerprint density at radius 3 is 2.76 bits per heavy atom. The van der Waals surface area contributed by atoms with Crippen molar-refractivity contribution >= 4 is 23.8 Å². The summed E-state index contributed by atoms with van der Waals surface area (Å²) in [6.45, 7) is 0. The Hall–Kier alpha value is -3.19. The Labute approximate surface area is 149 Å². The lowest BCUT2D eigenvalue weighted by Gasteiger charge is -2.04. The van der Waals surface area contributed by atoms with Crippen LogP contribution in [0.5, 0.6) is 11.5 Å². The summed E-state index contributed by atoms with van der Waals surface area (Å²) >= 11 is 5.89. The van der Waals surface area contributed by atoms with Gasteiger partial charge in [0, 0.05) is 16.1 Å². The number of anilines is 1. The van der Waals surface area contributed by atoms with Gasteiger partial charge < -0.3 is 9.84 Å². The normalized spacial score (nSPS) is 10.8. The van der Waals surface area contributed by atoms with Crippen LogP contribution in [0.1, 0.15) is 5.56 Å². The summed E-state index contributed by atoms with van der Waals surface area (Å²) < 4.78 is 5.13. The Morgan fingerprint density at radius 1 is 1.20 bits per heavy atom. The van der Waals surface area contributed by atoms with Gasteiger partial charge >= 0.3 is 0 Å². The maximum absolute atomic E-state index is 9.74. The van der Waals surface area contributed by atoms with Crippen LogP contribution in [0, 0.1) is 0 Å². The summed E-state index contributed by atoms with van der Waals surface area (Å²) in [7, 11) is 1.61. The maximum atomic E-state index is 9.74. The van der Waals surface area contributed by atoms with Gasteiger partial charge in [-0.3, -0.25) is 0 Å². The van der Waals surface area contributed by atoms with Gasteiger partial charge in [0.2, 0.25) is 0 Å². The number of aromatic hydroxyl groups is 1. The molecule has 3 rings (SSSR count). The molecule has 7 nitrogen and oxygen atoms in total. The molecule has 2 N–H and O–H groups in total. The molecule has 1 aromatic heterocycles. The third-order valence-electron chi connectivity index (χ3n) is 3.30. The lowest BCUT2D eigenvalue weighted by Crippen LogP contribution is -2.00. The molecule has 25 heavy (non-hydrogen) atoms. The average Bonchev–Trinajstić information content (AvgIpc) is 2.65. The molecule has 0 aliphatic carbocycles. The number of hydrogen-bond acceptors (Lipinski definition) is 7. The van der Waals surface area contributed by atoms with Crippen LogP contribution in [0.4, 0.5) is 5.95 Å². The number of halogens is 1. The van der Waals surface area contributed by atoms with E-state index in [0.29, 0.717) is 16.3 Å². The molecule has 0 amide bonds. The molecule has 0 fully saturated rings. The van der Waals surface area contributed by atoms with Gasteiger partial charge in [-0.25, -0.2) is 10.4 Å². The average molecular weight is 356 g/mol. The minimum absolute atomic E-state index is 0.0703. The molecule has 0 unspecified atom stereocenters. The van der Waals surface area contributed by atoms with Crippen molar-refractivity contribution in [1.82, 2.24) is 15.2 Å². The van der Waals surface area contributed by atoms with Gasteiger partial charge in [0.1, 0.15) is 11.5 Å². The molecular formula is C17H14ClN5O2. The van der Waals surface area contributed by atoms with E-state index in [-0.39, 0.29) is 11.7 Å². The number of benzene rings is 2. The van der Waals surface area contributed by atoms with Crippen molar-refractivity contribution in [2.24, 2.45) is 5.10 Å². The Balaban J connectivity index is 1.75. The number of ether oxygens (including phenoxy) is 1. The number of hydrogen-bond donors (Lipinski definition) is 2. The highest BCUT2D eigenvalue weighted by Gasteiger charge is 2.04. The molecular weight excluding hydrogens is 342 g/mol. The number of aromatic nitrogens is 3. The van der Waals surface area contributed by atoms with Crippen LogP contribution in [0.15, 0.2) is 53.8 Å². The van der Waals surface area contributed by atoms with Crippen molar-refractivity contribution in [2.75, 3.05) is 12.5 Å². The molecule has 0 bridgehead atoms. The van der Waals surface area contributed by atoms with E-state index < -0.39 is 0 Å². The second-order valence-electron chi connectivity index (χ2n) is 4.97. The number of rotatable bonds is 5. The first kappa shape index (κ1) is 16.7. The lowest BCUT2D eigenvalue weighted by molar-refractivity contribution is 0.415. The summed E-state index contributed by atoms with van der Waals surface area (Å²) in [5, 5.41) is 22.0. The van der Waals surface area contributed by atoms with Crippen molar-refractivity contribution < 1.29 is 9.84 Å².